The third-order valence-corrected chi connectivity index (χ3v) is 5.60. The molecule has 7 heteroatoms. The maximum atomic E-state index is 12.3. The summed E-state index contributed by atoms with van der Waals surface area (Å²) in [6.07, 6.45) is 1.49. The van der Waals surface area contributed by atoms with Crippen LogP contribution in [0.25, 0.3) is 10.9 Å². The normalized spacial score (nSPS) is 15.2. The Hall–Kier alpha value is -2.70. The number of amides is 1. The molecule has 7 nitrogen and oxygen atoms in total. The molecule has 0 radical (unpaired) electrons. The molecule has 1 saturated heterocycles. The Morgan fingerprint density at radius 2 is 1.84 bits per heavy atom. The van der Waals surface area contributed by atoms with E-state index in [4.69, 9.17) is 14.2 Å². The molecule has 0 saturated carbocycles. The molecule has 1 aliphatic rings. The van der Waals surface area contributed by atoms with E-state index < -0.39 is 5.60 Å². The van der Waals surface area contributed by atoms with E-state index in [1.807, 2.05) is 57.5 Å². The molecule has 3 rings (SSSR count). The summed E-state index contributed by atoms with van der Waals surface area (Å²) < 4.78 is 18.7. The van der Waals surface area contributed by atoms with Crippen molar-refractivity contribution in [1.82, 2.24) is 9.47 Å². The topological polar surface area (TPSA) is 70.0 Å². The van der Waals surface area contributed by atoms with Crippen molar-refractivity contribution in [3.63, 3.8) is 0 Å². The first-order valence-electron chi connectivity index (χ1n) is 11.0. The Morgan fingerprint density at radius 3 is 2.45 bits per heavy atom. The van der Waals surface area contributed by atoms with E-state index in [1.165, 1.54) is 0 Å². The van der Waals surface area contributed by atoms with E-state index in [2.05, 4.69) is 0 Å². The van der Waals surface area contributed by atoms with Crippen LogP contribution in [0.5, 0.6) is 5.75 Å². The third kappa shape index (κ3) is 5.32. The Morgan fingerprint density at radius 1 is 1.16 bits per heavy atom. The van der Waals surface area contributed by atoms with Crippen molar-refractivity contribution in [3.05, 3.63) is 29.5 Å². The molecule has 2 heterocycles. The summed E-state index contributed by atoms with van der Waals surface area (Å²) in [6.45, 7) is 11.7. The maximum Gasteiger partial charge on any atom is 0.410 e. The minimum atomic E-state index is -0.481. The van der Waals surface area contributed by atoms with Crippen molar-refractivity contribution in [2.45, 2.75) is 53.1 Å². The number of rotatable bonds is 5. The summed E-state index contributed by atoms with van der Waals surface area (Å²) >= 11 is 0. The molecule has 0 N–H and O–H groups in total. The van der Waals surface area contributed by atoms with Crippen LogP contribution in [0.1, 0.15) is 56.6 Å². The minimum Gasteiger partial charge on any atom is -0.491 e. The summed E-state index contributed by atoms with van der Waals surface area (Å²) in [4.78, 5) is 26.3. The number of hydrogen-bond donors (Lipinski definition) is 0. The van der Waals surface area contributed by atoms with Gasteiger partial charge >= 0.3 is 12.1 Å². The second-order valence-electron chi connectivity index (χ2n) is 9.17. The quantitative estimate of drug-likeness (QED) is 0.644. The first-order valence-corrected chi connectivity index (χ1v) is 11.0. The fourth-order valence-electron chi connectivity index (χ4n) is 3.90. The number of carbonyl (C=O) groups excluding carboxylic acids is 2. The monoisotopic (exact) mass is 430 g/mol. The van der Waals surface area contributed by atoms with Gasteiger partial charge in [-0.2, -0.15) is 0 Å². The summed E-state index contributed by atoms with van der Waals surface area (Å²) in [5.74, 6) is 0.786. The van der Waals surface area contributed by atoms with Gasteiger partial charge in [-0.3, -0.25) is 0 Å². The number of fused-ring (bicyclic) bond motifs is 1. The Labute approximate surface area is 184 Å². The number of aromatic nitrogens is 1. The van der Waals surface area contributed by atoms with Crippen LogP contribution < -0.4 is 4.74 Å². The second kappa shape index (κ2) is 9.20. The minimum absolute atomic E-state index is 0.248. The molecule has 0 spiro atoms. The van der Waals surface area contributed by atoms with Gasteiger partial charge in [-0.1, -0.05) is 6.07 Å². The van der Waals surface area contributed by atoms with Gasteiger partial charge in [0, 0.05) is 25.5 Å². The van der Waals surface area contributed by atoms with Crippen LogP contribution in [0.2, 0.25) is 0 Å². The van der Waals surface area contributed by atoms with E-state index in [0.717, 1.165) is 35.1 Å². The Kier molecular flexibility index (Phi) is 6.82. The van der Waals surface area contributed by atoms with Crippen LogP contribution in [-0.2, 0) is 16.5 Å². The van der Waals surface area contributed by atoms with E-state index in [-0.39, 0.29) is 12.1 Å². The Bertz CT molecular complexity index is 949. The highest BCUT2D eigenvalue weighted by Crippen LogP contribution is 2.32. The highest BCUT2D eigenvalue weighted by atomic mass is 16.6. The lowest BCUT2D eigenvalue weighted by Crippen LogP contribution is -2.42. The predicted molar refractivity (Wildman–Crippen MR) is 120 cm³/mol. The second-order valence-corrected chi connectivity index (χ2v) is 9.17. The lowest BCUT2D eigenvalue weighted by atomic mass is 9.98. The number of likely N-dealkylation sites (tertiary alicyclic amines) is 1. The van der Waals surface area contributed by atoms with Gasteiger partial charge in [-0.15, -0.1) is 0 Å². The zero-order chi connectivity index (χ0) is 22.8. The zero-order valence-electron chi connectivity index (χ0n) is 19.5. The number of carbonyl (C=O) groups is 2. The van der Waals surface area contributed by atoms with Crippen LogP contribution in [0.3, 0.4) is 0 Å². The maximum absolute atomic E-state index is 12.3. The molecule has 0 aliphatic carbocycles. The molecular formula is C24H34N2O5. The molecule has 0 unspecified atom stereocenters. The predicted octanol–water partition coefficient (Wildman–Crippen LogP) is 4.69. The number of aryl methyl sites for hydroxylation is 2. The lowest BCUT2D eigenvalue weighted by molar-refractivity contribution is 0.0165. The first-order chi connectivity index (χ1) is 14.6. The van der Waals surface area contributed by atoms with Gasteiger partial charge in [0.25, 0.3) is 0 Å². The van der Waals surface area contributed by atoms with Crippen molar-refractivity contribution in [3.8, 4) is 5.75 Å². The lowest BCUT2D eigenvalue weighted by Gasteiger charge is -2.33. The van der Waals surface area contributed by atoms with E-state index >= 15 is 0 Å². The van der Waals surface area contributed by atoms with Crippen LogP contribution in [0.4, 0.5) is 4.79 Å². The number of hydrogen-bond acceptors (Lipinski definition) is 5. The average Bonchev–Trinajstić information content (AvgIpc) is 3.05. The fourth-order valence-corrected chi connectivity index (χ4v) is 3.90. The van der Waals surface area contributed by atoms with Gasteiger partial charge in [-0.05, 0) is 71.1 Å². The average molecular weight is 431 g/mol. The highest BCUT2D eigenvalue weighted by molar-refractivity contribution is 5.98. The Balaban J connectivity index is 1.66. The number of ether oxygens (including phenoxy) is 3. The molecule has 170 valence electrons. The van der Waals surface area contributed by atoms with E-state index in [9.17, 15) is 9.59 Å². The van der Waals surface area contributed by atoms with Crippen LogP contribution in [0, 0.1) is 12.8 Å². The van der Waals surface area contributed by atoms with Crippen LogP contribution in [-0.4, -0.2) is 53.4 Å². The van der Waals surface area contributed by atoms with Crippen LogP contribution in [0.15, 0.2) is 18.2 Å². The molecule has 0 atom stereocenters. The summed E-state index contributed by atoms with van der Waals surface area (Å²) in [5, 5.41) is 0.989. The van der Waals surface area contributed by atoms with Gasteiger partial charge in [0.2, 0.25) is 0 Å². The molecule has 31 heavy (non-hydrogen) atoms. The van der Waals surface area contributed by atoms with Gasteiger partial charge in [0.05, 0.1) is 18.7 Å². The summed E-state index contributed by atoms with van der Waals surface area (Å²) in [7, 11) is 1.86. The summed E-state index contributed by atoms with van der Waals surface area (Å²) in [5.41, 5.74) is 2.01. The first kappa shape index (κ1) is 23.0. The van der Waals surface area contributed by atoms with Crippen molar-refractivity contribution in [1.29, 1.82) is 0 Å². The molecule has 1 aromatic heterocycles. The van der Waals surface area contributed by atoms with Gasteiger partial charge in [0.15, 0.2) is 0 Å². The number of benzene rings is 1. The SMILES string of the molecule is CCOC(=O)c1cc2c(C)ccc(OCC3CCN(C(=O)OC(C)(C)C)CC3)c2n1C. The molecule has 1 aliphatic heterocycles. The van der Waals surface area contributed by atoms with Crippen molar-refractivity contribution in [2.24, 2.45) is 13.0 Å². The van der Waals surface area contributed by atoms with Crippen LogP contribution >= 0.6 is 0 Å². The van der Waals surface area contributed by atoms with Crippen molar-refractivity contribution in [2.75, 3.05) is 26.3 Å². The van der Waals surface area contributed by atoms with Gasteiger partial charge in [-0.25, -0.2) is 9.59 Å². The molecule has 1 amide bonds. The zero-order valence-corrected chi connectivity index (χ0v) is 19.5. The van der Waals surface area contributed by atoms with Crippen molar-refractivity contribution < 1.29 is 23.8 Å². The van der Waals surface area contributed by atoms with E-state index in [1.54, 1.807) is 11.8 Å². The van der Waals surface area contributed by atoms with E-state index in [0.29, 0.717) is 37.9 Å². The molecule has 1 aromatic carbocycles. The van der Waals surface area contributed by atoms with Gasteiger partial charge < -0.3 is 23.7 Å². The molecule has 2 aromatic rings. The number of nitrogens with zero attached hydrogens (tertiary/aromatic N) is 2. The number of esters is 1. The number of piperidine rings is 1. The van der Waals surface area contributed by atoms with Gasteiger partial charge in [0.1, 0.15) is 17.0 Å². The highest BCUT2D eigenvalue weighted by Gasteiger charge is 2.27. The van der Waals surface area contributed by atoms with Crippen molar-refractivity contribution >= 4 is 23.0 Å². The molecule has 1 fully saturated rings. The smallest absolute Gasteiger partial charge is 0.410 e. The standard InChI is InChI=1S/C24H34N2O5/c1-7-29-22(27)19-14-18-16(2)8-9-20(21(18)25(19)6)30-15-17-10-12-26(13-11-17)23(28)31-24(3,4)5/h8-9,14,17H,7,10-13,15H2,1-6H3. The molecule has 0 bridgehead atoms. The fraction of sp³-hybridized carbons (Fsp3) is 0.583. The molecular weight excluding hydrogens is 396 g/mol. The largest absolute Gasteiger partial charge is 0.491 e. The third-order valence-electron chi connectivity index (χ3n) is 5.60. The summed E-state index contributed by atoms with van der Waals surface area (Å²) in [6, 6.07) is 5.84.